The molecule has 2 heterocycles. The van der Waals surface area contributed by atoms with Crippen LogP contribution in [0.15, 0.2) is 36.9 Å². The highest BCUT2D eigenvalue weighted by Gasteiger charge is 2.17. The van der Waals surface area contributed by atoms with Crippen LogP contribution in [0.2, 0.25) is 0 Å². The Labute approximate surface area is 101 Å². The smallest absolute Gasteiger partial charge is 0.131 e. The summed E-state index contributed by atoms with van der Waals surface area (Å²) in [6, 6.07) is 3.76. The van der Waals surface area contributed by atoms with Crippen LogP contribution in [0.4, 0.5) is 0 Å². The van der Waals surface area contributed by atoms with E-state index in [1.54, 1.807) is 18.6 Å². The summed E-state index contributed by atoms with van der Waals surface area (Å²) < 4.78 is 2.11. The molecule has 0 bridgehead atoms. The molecule has 2 aromatic heterocycles. The third-order valence-electron chi connectivity index (χ3n) is 2.65. The topological polar surface area (TPSA) is 68.8 Å². The minimum Gasteiger partial charge on any atom is -0.333 e. The first-order chi connectivity index (χ1) is 8.36. The SMILES string of the molecule is CCCn1ccnc1C(NN)c1cccnc1. The summed E-state index contributed by atoms with van der Waals surface area (Å²) in [6.07, 6.45) is 8.38. The maximum absolute atomic E-state index is 5.63. The quantitative estimate of drug-likeness (QED) is 0.600. The van der Waals surface area contributed by atoms with Crippen LogP contribution in [0.25, 0.3) is 0 Å². The summed E-state index contributed by atoms with van der Waals surface area (Å²) >= 11 is 0. The van der Waals surface area contributed by atoms with Crippen LogP contribution in [0.1, 0.15) is 30.8 Å². The van der Waals surface area contributed by atoms with Crippen molar-refractivity contribution in [3.8, 4) is 0 Å². The molecule has 0 aliphatic rings. The molecule has 3 N–H and O–H groups in total. The Bertz CT molecular complexity index is 451. The van der Waals surface area contributed by atoms with E-state index in [1.165, 1.54) is 0 Å². The fourth-order valence-corrected chi connectivity index (χ4v) is 1.88. The van der Waals surface area contributed by atoms with Gasteiger partial charge >= 0.3 is 0 Å². The van der Waals surface area contributed by atoms with Crippen LogP contribution in [0.5, 0.6) is 0 Å². The van der Waals surface area contributed by atoms with Gasteiger partial charge in [-0.1, -0.05) is 13.0 Å². The van der Waals surface area contributed by atoms with Crippen LogP contribution < -0.4 is 11.3 Å². The van der Waals surface area contributed by atoms with Gasteiger partial charge in [0.1, 0.15) is 11.9 Å². The normalized spacial score (nSPS) is 12.6. The van der Waals surface area contributed by atoms with Crippen LogP contribution in [-0.2, 0) is 6.54 Å². The van der Waals surface area contributed by atoms with Gasteiger partial charge in [0, 0.05) is 31.3 Å². The number of nitrogens with one attached hydrogen (secondary N) is 1. The van der Waals surface area contributed by atoms with Gasteiger partial charge in [-0.15, -0.1) is 0 Å². The van der Waals surface area contributed by atoms with E-state index in [9.17, 15) is 0 Å². The highest BCUT2D eigenvalue weighted by Crippen LogP contribution is 2.18. The number of hydrogen-bond donors (Lipinski definition) is 2. The highest BCUT2D eigenvalue weighted by atomic mass is 15.3. The summed E-state index contributed by atoms with van der Waals surface area (Å²) in [7, 11) is 0. The Kier molecular flexibility index (Phi) is 3.85. The number of hydrazine groups is 1. The number of imidazole rings is 1. The van der Waals surface area contributed by atoms with Gasteiger partial charge in [0.05, 0.1) is 0 Å². The maximum atomic E-state index is 5.63. The van der Waals surface area contributed by atoms with Crippen molar-refractivity contribution in [2.45, 2.75) is 25.9 Å². The zero-order valence-corrected chi connectivity index (χ0v) is 9.87. The standard InChI is InChI=1S/C12H17N5/c1-2-7-17-8-6-15-12(17)11(16-13)10-4-3-5-14-9-10/h3-6,8-9,11,16H,2,7,13H2,1H3. The lowest BCUT2D eigenvalue weighted by molar-refractivity contribution is 0.544. The maximum Gasteiger partial charge on any atom is 0.131 e. The molecule has 0 aromatic carbocycles. The van der Waals surface area contributed by atoms with E-state index in [0.29, 0.717) is 0 Å². The zero-order valence-electron chi connectivity index (χ0n) is 9.87. The predicted octanol–water partition coefficient (Wildman–Crippen LogP) is 1.24. The summed E-state index contributed by atoms with van der Waals surface area (Å²) in [4.78, 5) is 8.48. The van der Waals surface area contributed by atoms with Gasteiger partial charge in [-0.05, 0) is 18.1 Å². The molecule has 90 valence electrons. The fraction of sp³-hybridized carbons (Fsp3) is 0.333. The lowest BCUT2D eigenvalue weighted by atomic mass is 10.1. The number of nitrogens with zero attached hydrogens (tertiary/aromatic N) is 3. The van der Waals surface area contributed by atoms with E-state index in [4.69, 9.17) is 5.84 Å². The zero-order chi connectivity index (χ0) is 12.1. The molecule has 1 unspecified atom stereocenters. The third kappa shape index (κ3) is 2.51. The minimum atomic E-state index is -0.120. The molecule has 5 nitrogen and oxygen atoms in total. The van der Waals surface area contributed by atoms with Crippen molar-refractivity contribution in [3.05, 3.63) is 48.3 Å². The number of nitrogens with two attached hydrogens (primary N) is 1. The number of aromatic nitrogens is 3. The van der Waals surface area contributed by atoms with Crippen molar-refractivity contribution >= 4 is 0 Å². The molecule has 0 aliphatic carbocycles. The lowest BCUT2D eigenvalue weighted by Gasteiger charge is -2.17. The minimum absolute atomic E-state index is 0.120. The van der Waals surface area contributed by atoms with E-state index >= 15 is 0 Å². The van der Waals surface area contributed by atoms with Gasteiger partial charge in [0.2, 0.25) is 0 Å². The van der Waals surface area contributed by atoms with E-state index in [0.717, 1.165) is 24.4 Å². The molecule has 0 aliphatic heterocycles. The van der Waals surface area contributed by atoms with Crippen molar-refractivity contribution in [1.29, 1.82) is 0 Å². The first-order valence-electron chi connectivity index (χ1n) is 5.74. The van der Waals surface area contributed by atoms with Crippen molar-refractivity contribution in [2.75, 3.05) is 0 Å². The fourth-order valence-electron chi connectivity index (χ4n) is 1.88. The van der Waals surface area contributed by atoms with Gasteiger partial charge < -0.3 is 4.57 Å². The molecule has 0 amide bonds. The molecule has 2 rings (SSSR count). The van der Waals surface area contributed by atoms with Gasteiger partial charge in [0.25, 0.3) is 0 Å². The monoisotopic (exact) mass is 231 g/mol. The molecule has 0 fully saturated rings. The van der Waals surface area contributed by atoms with Gasteiger partial charge in [-0.25, -0.2) is 10.4 Å². The summed E-state index contributed by atoms with van der Waals surface area (Å²) in [6.45, 7) is 3.08. The highest BCUT2D eigenvalue weighted by molar-refractivity contribution is 5.21. The molecule has 5 heteroatoms. The average Bonchev–Trinajstić information content (AvgIpc) is 2.81. The van der Waals surface area contributed by atoms with Crippen LogP contribution in [0, 0.1) is 0 Å². The third-order valence-corrected chi connectivity index (χ3v) is 2.65. The number of hydrogen-bond acceptors (Lipinski definition) is 4. The molecular formula is C12H17N5. The van der Waals surface area contributed by atoms with Gasteiger partial charge in [0.15, 0.2) is 0 Å². The first kappa shape index (κ1) is 11.8. The second-order valence-corrected chi connectivity index (χ2v) is 3.86. The van der Waals surface area contributed by atoms with Crippen molar-refractivity contribution in [3.63, 3.8) is 0 Å². The second kappa shape index (κ2) is 5.56. The van der Waals surface area contributed by atoms with Crippen LogP contribution >= 0.6 is 0 Å². The van der Waals surface area contributed by atoms with E-state index in [1.807, 2.05) is 18.3 Å². The molecule has 2 aromatic rings. The van der Waals surface area contributed by atoms with Gasteiger partial charge in [-0.2, -0.15) is 0 Å². The Hall–Kier alpha value is -1.72. The Morgan fingerprint density at radius 1 is 1.47 bits per heavy atom. The second-order valence-electron chi connectivity index (χ2n) is 3.86. The van der Waals surface area contributed by atoms with E-state index in [2.05, 4.69) is 26.9 Å². The van der Waals surface area contributed by atoms with Gasteiger partial charge in [-0.3, -0.25) is 10.8 Å². The molecule has 0 saturated heterocycles. The molecule has 17 heavy (non-hydrogen) atoms. The Balaban J connectivity index is 2.32. The molecule has 1 atom stereocenters. The largest absolute Gasteiger partial charge is 0.333 e. The summed E-state index contributed by atoms with van der Waals surface area (Å²) in [5.41, 5.74) is 3.81. The van der Waals surface area contributed by atoms with E-state index in [-0.39, 0.29) is 6.04 Å². The Morgan fingerprint density at radius 3 is 3.00 bits per heavy atom. The Morgan fingerprint density at radius 2 is 2.35 bits per heavy atom. The first-order valence-corrected chi connectivity index (χ1v) is 5.74. The number of rotatable bonds is 5. The van der Waals surface area contributed by atoms with Crippen molar-refractivity contribution in [2.24, 2.45) is 5.84 Å². The average molecular weight is 231 g/mol. The van der Waals surface area contributed by atoms with Crippen molar-refractivity contribution < 1.29 is 0 Å². The summed E-state index contributed by atoms with van der Waals surface area (Å²) in [5.74, 6) is 6.55. The molecule has 0 spiro atoms. The van der Waals surface area contributed by atoms with Crippen LogP contribution in [0.3, 0.4) is 0 Å². The summed E-state index contributed by atoms with van der Waals surface area (Å²) in [5, 5.41) is 0. The molecular weight excluding hydrogens is 214 g/mol. The number of aryl methyl sites for hydroxylation is 1. The predicted molar refractivity (Wildman–Crippen MR) is 65.9 cm³/mol. The molecule has 0 radical (unpaired) electrons. The molecule has 0 saturated carbocycles. The van der Waals surface area contributed by atoms with E-state index < -0.39 is 0 Å². The lowest BCUT2D eigenvalue weighted by Crippen LogP contribution is -2.31. The van der Waals surface area contributed by atoms with Crippen LogP contribution in [-0.4, -0.2) is 14.5 Å². The van der Waals surface area contributed by atoms with Crippen molar-refractivity contribution in [1.82, 2.24) is 20.0 Å². The number of pyridine rings is 1.